The topological polar surface area (TPSA) is 31.4 Å². The lowest BCUT2D eigenvalue weighted by atomic mass is 9.79. The summed E-state index contributed by atoms with van der Waals surface area (Å²) in [4.78, 5) is 4.26. The van der Waals surface area contributed by atoms with Crippen molar-refractivity contribution in [1.82, 2.24) is 4.98 Å². The molecule has 3 nitrogen and oxygen atoms in total. The van der Waals surface area contributed by atoms with Gasteiger partial charge in [-0.2, -0.15) is 0 Å². The van der Waals surface area contributed by atoms with Crippen LogP contribution in [0.5, 0.6) is 0 Å². The zero-order chi connectivity index (χ0) is 14.4. The molecule has 104 valence electrons. The van der Waals surface area contributed by atoms with Crippen LogP contribution in [-0.2, 0) is 9.31 Å². The van der Waals surface area contributed by atoms with Gasteiger partial charge < -0.3 is 9.31 Å². The first-order valence-corrected chi connectivity index (χ1v) is 7.02. The number of halogens is 1. The summed E-state index contributed by atoms with van der Waals surface area (Å²) in [5, 5.41) is 0.698. The maximum Gasteiger partial charge on any atom is 0.497 e. The van der Waals surface area contributed by atoms with Gasteiger partial charge in [0.2, 0.25) is 0 Å². The lowest BCUT2D eigenvalue weighted by Crippen LogP contribution is -2.41. The molecular formula is C14H21BClNO2. The van der Waals surface area contributed by atoms with E-state index in [9.17, 15) is 0 Å². The van der Waals surface area contributed by atoms with Crippen molar-refractivity contribution in [3.63, 3.8) is 0 Å². The number of aromatic nitrogens is 1. The van der Waals surface area contributed by atoms with Crippen LogP contribution < -0.4 is 5.46 Å². The molecule has 19 heavy (non-hydrogen) atoms. The minimum atomic E-state index is -0.455. The van der Waals surface area contributed by atoms with Crippen LogP contribution in [0, 0.1) is 0 Å². The predicted octanol–water partition coefficient (Wildman–Crippen LogP) is 3.16. The summed E-state index contributed by atoms with van der Waals surface area (Å²) < 4.78 is 12.0. The first-order chi connectivity index (χ1) is 8.66. The third-order valence-electron chi connectivity index (χ3n) is 4.06. The minimum absolute atomic E-state index is 0.322. The SMILES string of the molecule is CC(C)c1cncc(B2OC(C)(C)C(C)(C)O2)c1Cl. The molecular weight excluding hydrogens is 260 g/mol. The molecule has 0 saturated carbocycles. The quantitative estimate of drug-likeness (QED) is 0.780. The average Bonchev–Trinajstić information content (AvgIpc) is 2.47. The van der Waals surface area contributed by atoms with Gasteiger partial charge in [-0.15, -0.1) is 0 Å². The second-order valence-corrected chi connectivity index (χ2v) is 6.75. The van der Waals surface area contributed by atoms with E-state index in [0.29, 0.717) is 10.9 Å². The van der Waals surface area contributed by atoms with E-state index in [2.05, 4.69) is 18.8 Å². The van der Waals surface area contributed by atoms with Gasteiger partial charge in [0.05, 0.1) is 11.2 Å². The molecule has 0 aromatic carbocycles. The van der Waals surface area contributed by atoms with Crippen LogP contribution in [0.2, 0.25) is 5.02 Å². The van der Waals surface area contributed by atoms with E-state index in [-0.39, 0.29) is 11.2 Å². The Hall–Kier alpha value is -0.575. The van der Waals surface area contributed by atoms with E-state index in [1.165, 1.54) is 0 Å². The molecule has 5 heteroatoms. The summed E-state index contributed by atoms with van der Waals surface area (Å²) in [5.74, 6) is 0.322. The molecule has 1 fully saturated rings. The predicted molar refractivity (Wildman–Crippen MR) is 79.1 cm³/mol. The Morgan fingerprint density at radius 3 is 2.11 bits per heavy atom. The molecule has 0 aliphatic carbocycles. The maximum absolute atomic E-state index is 6.47. The highest BCUT2D eigenvalue weighted by atomic mass is 35.5. The summed E-state index contributed by atoms with van der Waals surface area (Å²) >= 11 is 6.47. The van der Waals surface area contributed by atoms with E-state index in [1.54, 1.807) is 6.20 Å². The van der Waals surface area contributed by atoms with Crippen molar-refractivity contribution >= 4 is 24.2 Å². The number of pyridine rings is 1. The molecule has 0 amide bonds. The molecule has 0 bridgehead atoms. The van der Waals surface area contributed by atoms with Crippen molar-refractivity contribution in [2.45, 2.75) is 58.7 Å². The summed E-state index contributed by atoms with van der Waals surface area (Å²) in [5.41, 5.74) is 1.10. The highest BCUT2D eigenvalue weighted by Crippen LogP contribution is 2.37. The molecule has 1 saturated heterocycles. The molecule has 2 rings (SSSR count). The van der Waals surface area contributed by atoms with Gasteiger partial charge in [-0.1, -0.05) is 25.4 Å². The number of hydrogen-bond donors (Lipinski definition) is 0. The summed E-state index contributed by atoms with van der Waals surface area (Å²) in [6.45, 7) is 12.3. The van der Waals surface area contributed by atoms with Crippen molar-refractivity contribution < 1.29 is 9.31 Å². The summed E-state index contributed by atoms with van der Waals surface area (Å²) in [6.07, 6.45) is 3.54. The number of hydrogen-bond acceptors (Lipinski definition) is 3. The van der Waals surface area contributed by atoms with Gasteiger partial charge in [-0.05, 0) is 39.2 Å². The monoisotopic (exact) mass is 281 g/mol. The third-order valence-corrected chi connectivity index (χ3v) is 4.50. The molecule has 0 N–H and O–H groups in total. The van der Waals surface area contributed by atoms with E-state index >= 15 is 0 Å². The minimum Gasteiger partial charge on any atom is -0.399 e. The largest absolute Gasteiger partial charge is 0.497 e. The molecule has 0 atom stereocenters. The molecule has 1 aromatic heterocycles. The zero-order valence-electron chi connectivity index (χ0n) is 12.5. The van der Waals surface area contributed by atoms with Crippen molar-refractivity contribution in [1.29, 1.82) is 0 Å². The van der Waals surface area contributed by atoms with Gasteiger partial charge in [0.15, 0.2) is 0 Å². The van der Waals surface area contributed by atoms with Crippen LogP contribution in [0.3, 0.4) is 0 Å². The van der Waals surface area contributed by atoms with Gasteiger partial charge >= 0.3 is 7.12 Å². The van der Waals surface area contributed by atoms with Crippen LogP contribution in [-0.4, -0.2) is 23.3 Å². The lowest BCUT2D eigenvalue weighted by Gasteiger charge is -2.32. The van der Waals surface area contributed by atoms with Gasteiger partial charge in [0.25, 0.3) is 0 Å². The third kappa shape index (κ3) is 2.54. The van der Waals surface area contributed by atoms with Crippen molar-refractivity contribution in [3.05, 3.63) is 23.0 Å². The standard InChI is InChI=1S/C14H21BClNO2/c1-9(2)10-7-17-8-11(12(10)16)15-18-13(3,4)14(5,6)19-15/h7-9H,1-6H3. The van der Waals surface area contributed by atoms with E-state index in [4.69, 9.17) is 20.9 Å². The fourth-order valence-electron chi connectivity index (χ4n) is 2.01. The van der Waals surface area contributed by atoms with Crippen LogP contribution in [0.25, 0.3) is 0 Å². The fraction of sp³-hybridized carbons (Fsp3) is 0.643. The molecule has 0 unspecified atom stereocenters. The first kappa shape index (κ1) is 14.8. The summed E-state index contributed by atoms with van der Waals surface area (Å²) in [6, 6.07) is 0. The molecule has 1 aliphatic heterocycles. The van der Waals surface area contributed by atoms with Crippen molar-refractivity contribution in [2.24, 2.45) is 0 Å². The maximum atomic E-state index is 6.47. The number of rotatable bonds is 2. The Morgan fingerprint density at radius 1 is 1.11 bits per heavy atom. The molecule has 1 aliphatic rings. The van der Waals surface area contributed by atoms with Crippen LogP contribution >= 0.6 is 11.6 Å². The Balaban J connectivity index is 2.38. The van der Waals surface area contributed by atoms with Gasteiger partial charge in [-0.25, -0.2) is 0 Å². The Labute approximate surface area is 120 Å². The van der Waals surface area contributed by atoms with Crippen LogP contribution in [0.1, 0.15) is 53.0 Å². The lowest BCUT2D eigenvalue weighted by molar-refractivity contribution is 0.00578. The smallest absolute Gasteiger partial charge is 0.399 e. The normalized spacial score (nSPS) is 21.2. The molecule has 0 radical (unpaired) electrons. The van der Waals surface area contributed by atoms with Gasteiger partial charge in [0.1, 0.15) is 0 Å². The second-order valence-electron chi connectivity index (χ2n) is 6.37. The highest BCUT2D eigenvalue weighted by molar-refractivity contribution is 6.65. The Bertz CT molecular complexity index is 472. The van der Waals surface area contributed by atoms with Crippen LogP contribution in [0.15, 0.2) is 12.4 Å². The first-order valence-electron chi connectivity index (χ1n) is 6.64. The zero-order valence-corrected chi connectivity index (χ0v) is 13.2. The fourth-order valence-corrected chi connectivity index (χ4v) is 2.42. The van der Waals surface area contributed by atoms with Crippen molar-refractivity contribution in [3.8, 4) is 0 Å². The van der Waals surface area contributed by atoms with E-state index in [0.717, 1.165) is 11.0 Å². The second kappa shape index (κ2) is 4.76. The Morgan fingerprint density at radius 2 is 1.63 bits per heavy atom. The van der Waals surface area contributed by atoms with Crippen molar-refractivity contribution in [2.75, 3.05) is 0 Å². The summed E-state index contributed by atoms with van der Waals surface area (Å²) in [7, 11) is -0.455. The van der Waals surface area contributed by atoms with E-state index in [1.807, 2.05) is 33.9 Å². The molecule has 2 heterocycles. The van der Waals surface area contributed by atoms with Gasteiger partial charge in [0, 0.05) is 22.9 Å². The number of nitrogens with zero attached hydrogens (tertiary/aromatic N) is 1. The Kier molecular flexibility index (Phi) is 3.71. The highest BCUT2D eigenvalue weighted by Gasteiger charge is 2.52. The van der Waals surface area contributed by atoms with Gasteiger partial charge in [-0.3, -0.25) is 4.98 Å². The molecule has 0 spiro atoms. The van der Waals surface area contributed by atoms with E-state index < -0.39 is 7.12 Å². The average molecular weight is 282 g/mol. The molecule has 1 aromatic rings. The van der Waals surface area contributed by atoms with Crippen LogP contribution in [0.4, 0.5) is 0 Å².